The van der Waals surface area contributed by atoms with Crippen molar-refractivity contribution in [1.29, 1.82) is 0 Å². The fraction of sp³-hybridized carbons (Fsp3) is 0.632. The summed E-state index contributed by atoms with van der Waals surface area (Å²) in [6.45, 7) is 4.45. The van der Waals surface area contributed by atoms with Gasteiger partial charge in [-0.1, -0.05) is 19.3 Å². The van der Waals surface area contributed by atoms with Crippen molar-refractivity contribution in [3.05, 3.63) is 29.6 Å². The minimum atomic E-state index is 0.00189. The number of hydrogen-bond donors (Lipinski definition) is 1. The second-order valence-corrected chi connectivity index (χ2v) is 7.11. The van der Waals surface area contributed by atoms with Crippen LogP contribution in [-0.2, 0) is 0 Å². The van der Waals surface area contributed by atoms with Gasteiger partial charge in [0.15, 0.2) is 0 Å². The predicted molar refractivity (Wildman–Crippen MR) is 96.5 cm³/mol. The van der Waals surface area contributed by atoms with Gasteiger partial charge in [-0.2, -0.15) is 0 Å². The van der Waals surface area contributed by atoms with Gasteiger partial charge in [-0.05, 0) is 38.3 Å². The van der Waals surface area contributed by atoms with Gasteiger partial charge in [0.25, 0.3) is 5.91 Å². The zero-order valence-electron chi connectivity index (χ0n) is 15.0. The van der Waals surface area contributed by atoms with Crippen LogP contribution < -0.4 is 5.32 Å². The van der Waals surface area contributed by atoms with E-state index in [1.165, 1.54) is 19.3 Å². The SMILES string of the molecule is Cc1ccc(C(=O)N2CCCN(C(=O)NC3CCCCC3)CC2)cn1. The molecular formula is C19H28N4O2. The molecule has 2 fully saturated rings. The number of amides is 3. The van der Waals surface area contributed by atoms with Crippen LogP contribution in [-0.4, -0.2) is 58.9 Å². The standard InChI is InChI=1S/C19H28N4O2/c1-15-8-9-16(14-20-15)18(24)22-10-5-11-23(13-12-22)19(25)21-17-6-3-2-4-7-17/h8-9,14,17H,2-7,10-13H2,1H3,(H,21,25). The number of carbonyl (C=O) groups is 2. The van der Waals surface area contributed by atoms with Crippen LogP contribution >= 0.6 is 0 Å². The molecule has 1 saturated heterocycles. The number of urea groups is 1. The predicted octanol–water partition coefficient (Wildman–Crippen LogP) is 2.58. The van der Waals surface area contributed by atoms with E-state index in [0.717, 1.165) is 25.0 Å². The maximum atomic E-state index is 12.6. The van der Waals surface area contributed by atoms with E-state index in [0.29, 0.717) is 37.8 Å². The van der Waals surface area contributed by atoms with Gasteiger partial charge in [-0.15, -0.1) is 0 Å². The number of aryl methyl sites for hydroxylation is 1. The largest absolute Gasteiger partial charge is 0.337 e. The van der Waals surface area contributed by atoms with E-state index in [4.69, 9.17) is 0 Å². The topological polar surface area (TPSA) is 65.5 Å². The first-order valence-electron chi connectivity index (χ1n) is 9.41. The molecule has 6 heteroatoms. The molecule has 0 unspecified atom stereocenters. The van der Waals surface area contributed by atoms with E-state index in [9.17, 15) is 9.59 Å². The Morgan fingerprint density at radius 2 is 1.72 bits per heavy atom. The molecule has 0 bridgehead atoms. The Bertz CT molecular complexity index is 596. The summed E-state index contributed by atoms with van der Waals surface area (Å²) in [5.41, 5.74) is 1.52. The van der Waals surface area contributed by atoms with Gasteiger partial charge in [0, 0.05) is 44.1 Å². The third-order valence-corrected chi connectivity index (χ3v) is 5.16. The van der Waals surface area contributed by atoms with Gasteiger partial charge < -0.3 is 15.1 Å². The summed E-state index contributed by atoms with van der Waals surface area (Å²) < 4.78 is 0. The molecule has 1 N–H and O–H groups in total. The Morgan fingerprint density at radius 3 is 2.44 bits per heavy atom. The first-order chi connectivity index (χ1) is 12.1. The molecular weight excluding hydrogens is 316 g/mol. The average Bonchev–Trinajstić information content (AvgIpc) is 2.89. The molecule has 136 valence electrons. The molecule has 3 rings (SSSR count). The molecule has 0 spiro atoms. The molecule has 2 heterocycles. The van der Waals surface area contributed by atoms with Crippen LogP contribution in [0.5, 0.6) is 0 Å². The third kappa shape index (κ3) is 4.71. The van der Waals surface area contributed by atoms with E-state index in [1.807, 2.05) is 28.9 Å². The Labute approximate surface area is 149 Å². The molecule has 1 aliphatic heterocycles. The second kappa shape index (κ2) is 8.32. The Morgan fingerprint density at radius 1 is 1.00 bits per heavy atom. The van der Waals surface area contributed by atoms with Crippen molar-refractivity contribution < 1.29 is 9.59 Å². The van der Waals surface area contributed by atoms with Gasteiger partial charge in [0.1, 0.15) is 0 Å². The molecule has 0 atom stereocenters. The Kier molecular flexibility index (Phi) is 5.89. The number of aromatic nitrogens is 1. The Hall–Kier alpha value is -2.11. The molecule has 25 heavy (non-hydrogen) atoms. The van der Waals surface area contributed by atoms with Gasteiger partial charge in [-0.3, -0.25) is 9.78 Å². The summed E-state index contributed by atoms with van der Waals surface area (Å²) >= 11 is 0. The summed E-state index contributed by atoms with van der Waals surface area (Å²) in [6.07, 6.45) is 8.31. The summed E-state index contributed by atoms with van der Waals surface area (Å²) in [4.78, 5) is 33.0. The highest BCUT2D eigenvalue weighted by molar-refractivity contribution is 5.94. The normalized spacial score (nSPS) is 19.4. The van der Waals surface area contributed by atoms with E-state index in [-0.39, 0.29) is 11.9 Å². The first kappa shape index (κ1) is 17.7. The Balaban J connectivity index is 1.53. The van der Waals surface area contributed by atoms with Crippen LogP contribution in [0.3, 0.4) is 0 Å². The van der Waals surface area contributed by atoms with Crippen LogP contribution in [0.15, 0.2) is 18.3 Å². The smallest absolute Gasteiger partial charge is 0.317 e. The van der Waals surface area contributed by atoms with E-state index in [1.54, 1.807) is 6.20 Å². The van der Waals surface area contributed by atoms with E-state index >= 15 is 0 Å². The minimum absolute atomic E-state index is 0.00189. The number of pyridine rings is 1. The van der Waals surface area contributed by atoms with Crippen molar-refractivity contribution in [2.45, 2.75) is 51.5 Å². The van der Waals surface area contributed by atoms with Gasteiger partial charge in [0.2, 0.25) is 0 Å². The van der Waals surface area contributed by atoms with Crippen LogP contribution in [0, 0.1) is 6.92 Å². The van der Waals surface area contributed by atoms with Crippen LogP contribution in [0.1, 0.15) is 54.6 Å². The first-order valence-corrected chi connectivity index (χ1v) is 9.41. The zero-order valence-corrected chi connectivity index (χ0v) is 15.0. The number of rotatable bonds is 2. The number of nitrogens with zero attached hydrogens (tertiary/aromatic N) is 3. The summed E-state index contributed by atoms with van der Waals surface area (Å²) in [5, 5.41) is 3.17. The molecule has 1 aromatic rings. The second-order valence-electron chi connectivity index (χ2n) is 7.11. The fourth-order valence-corrected chi connectivity index (χ4v) is 3.61. The molecule has 2 aliphatic rings. The number of nitrogens with one attached hydrogen (secondary N) is 1. The quantitative estimate of drug-likeness (QED) is 0.897. The monoisotopic (exact) mass is 344 g/mol. The number of hydrogen-bond acceptors (Lipinski definition) is 3. The third-order valence-electron chi connectivity index (χ3n) is 5.16. The van der Waals surface area contributed by atoms with Crippen molar-refractivity contribution in [1.82, 2.24) is 20.1 Å². The molecule has 0 aromatic carbocycles. The lowest BCUT2D eigenvalue weighted by atomic mass is 9.96. The average molecular weight is 344 g/mol. The van der Waals surface area contributed by atoms with Crippen molar-refractivity contribution in [2.24, 2.45) is 0 Å². The van der Waals surface area contributed by atoms with Gasteiger partial charge in [0.05, 0.1) is 5.56 Å². The molecule has 1 aliphatic carbocycles. The van der Waals surface area contributed by atoms with E-state index < -0.39 is 0 Å². The van der Waals surface area contributed by atoms with Gasteiger partial charge in [-0.25, -0.2) is 4.79 Å². The van der Waals surface area contributed by atoms with Crippen LogP contribution in [0.2, 0.25) is 0 Å². The summed E-state index contributed by atoms with van der Waals surface area (Å²) in [7, 11) is 0. The highest BCUT2D eigenvalue weighted by Crippen LogP contribution is 2.18. The maximum absolute atomic E-state index is 12.6. The van der Waals surface area contributed by atoms with Crippen molar-refractivity contribution in [2.75, 3.05) is 26.2 Å². The lowest BCUT2D eigenvalue weighted by Crippen LogP contribution is -2.46. The summed E-state index contributed by atoms with van der Waals surface area (Å²) in [5.74, 6) is 0.00189. The number of carbonyl (C=O) groups excluding carboxylic acids is 2. The van der Waals surface area contributed by atoms with E-state index in [2.05, 4.69) is 10.3 Å². The van der Waals surface area contributed by atoms with Gasteiger partial charge >= 0.3 is 6.03 Å². The molecule has 1 aromatic heterocycles. The van der Waals surface area contributed by atoms with Crippen molar-refractivity contribution in [3.8, 4) is 0 Å². The molecule has 3 amide bonds. The van der Waals surface area contributed by atoms with Crippen molar-refractivity contribution >= 4 is 11.9 Å². The minimum Gasteiger partial charge on any atom is -0.337 e. The zero-order chi connectivity index (χ0) is 17.6. The lowest BCUT2D eigenvalue weighted by molar-refractivity contribution is 0.0761. The lowest BCUT2D eigenvalue weighted by Gasteiger charge is -2.27. The van der Waals surface area contributed by atoms with Crippen LogP contribution in [0.25, 0.3) is 0 Å². The van der Waals surface area contributed by atoms with Crippen LogP contribution in [0.4, 0.5) is 4.79 Å². The molecule has 1 saturated carbocycles. The highest BCUT2D eigenvalue weighted by atomic mass is 16.2. The fourth-order valence-electron chi connectivity index (χ4n) is 3.61. The highest BCUT2D eigenvalue weighted by Gasteiger charge is 2.24. The van der Waals surface area contributed by atoms with Crippen molar-refractivity contribution in [3.63, 3.8) is 0 Å². The molecule has 0 radical (unpaired) electrons. The maximum Gasteiger partial charge on any atom is 0.317 e. The summed E-state index contributed by atoms with van der Waals surface area (Å²) in [6, 6.07) is 4.03. The molecule has 6 nitrogen and oxygen atoms in total.